The number of hydrogen-bond donors (Lipinski definition) is 2. The summed E-state index contributed by atoms with van der Waals surface area (Å²) in [5.41, 5.74) is 0. The van der Waals surface area contributed by atoms with Gasteiger partial charge in [-0.05, 0) is 0 Å². The molecule has 4 nitrogen and oxygen atoms in total. The minimum Gasteiger partial charge on any atom is -0.342 e. The van der Waals surface area contributed by atoms with Crippen molar-refractivity contribution >= 4 is 35.7 Å². The normalized spacial score (nSPS) is 9.25. The second-order valence-corrected chi connectivity index (χ2v) is 3.11. The molecule has 0 spiro atoms. The second kappa shape index (κ2) is 6.56. The van der Waals surface area contributed by atoms with Crippen LogP contribution in [0, 0.1) is 0 Å². The Morgan fingerprint density at radius 1 is 1.50 bits per heavy atom. The molecule has 0 fully saturated rings. The first-order valence-electron chi connectivity index (χ1n) is 1.17. The van der Waals surface area contributed by atoms with Crippen LogP contribution in [0.3, 0.4) is 0 Å². The predicted molar refractivity (Wildman–Crippen MR) is 33.0 cm³/mol. The fourth-order valence-electron chi connectivity index (χ4n) is 0. The van der Waals surface area contributed by atoms with Crippen LogP contribution >= 0.6 is 7.82 Å². The van der Waals surface area contributed by atoms with Gasteiger partial charge in [0.1, 0.15) is 0 Å². The summed E-state index contributed by atoms with van der Waals surface area (Å²) in [5.74, 6) is 0. The van der Waals surface area contributed by atoms with Crippen molar-refractivity contribution in [1.82, 2.24) is 0 Å². The molecule has 1 radical (unpaired) electrons. The van der Waals surface area contributed by atoms with Crippen molar-refractivity contribution in [2.24, 2.45) is 0 Å². The molecule has 2 N–H and O–H groups in total. The molecule has 0 amide bonds. The van der Waals surface area contributed by atoms with Crippen LogP contribution in [0.15, 0.2) is 0 Å². The van der Waals surface area contributed by atoms with E-state index in [9.17, 15) is 4.57 Å². The molecule has 0 unspecified atom stereocenters. The predicted octanol–water partition coefficient (Wildman–Crippen LogP) is -2.81. The maximum absolute atomic E-state index is 9.51. The summed E-state index contributed by atoms with van der Waals surface area (Å²) in [5, 5.41) is 0. The van der Waals surface area contributed by atoms with Gasteiger partial charge in [0.25, 0.3) is 0 Å². The minimum absolute atomic E-state index is 0. The minimum atomic E-state index is -4.08. The van der Waals surface area contributed by atoms with Crippen LogP contribution in [0.25, 0.3) is 0 Å². The largest absolute Gasteiger partial charge is 0.458 e. The summed E-state index contributed by atoms with van der Waals surface area (Å²) in [4.78, 5) is 15.5. The van der Waals surface area contributed by atoms with Gasteiger partial charge >= 0.3 is 7.82 Å². The molecule has 0 atom stereocenters. The third-order valence-electron chi connectivity index (χ3n) is 0.238. The van der Waals surface area contributed by atoms with E-state index < -0.39 is 7.82 Å². The Morgan fingerprint density at radius 3 is 1.62 bits per heavy atom. The Morgan fingerprint density at radius 2 is 1.62 bits per heavy atom. The molecule has 8 heteroatoms. The summed E-state index contributed by atoms with van der Waals surface area (Å²) in [6, 6.07) is 0. The van der Waals surface area contributed by atoms with E-state index in [1.54, 1.807) is 0 Å². The first-order valence-corrected chi connectivity index (χ1v) is 3.52. The van der Waals surface area contributed by atoms with Crippen LogP contribution in [0.4, 0.5) is 0 Å². The van der Waals surface area contributed by atoms with Gasteiger partial charge in [-0.2, -0.15) is 0 Å². The molecular weight excluding hydrogens is 201 g/mol. The Labute approximate surface area is 72.8 Å². The van der Waals surface area contributed by atoms with Crippen molar-refractivity contribution in [2.75, 3.05) is 0 Å². The van der Waals surface area contributed by atoms with Crippen molar-refractivity contribution in [1.29, 1.82) is 0 Å². The van der Waals surface area contributed by atoms with Gasteiger partial charge in [0, 0.05) is 18.6 Å². The van der Waals surface area contributed by atoms with Crippen molar-refractivity contribution in [3.8, 4) is 0 Å². The molecule has 0 aliphatic rings. The average molecular weight is 209 g/mol. The van der Waals surface area contributed by atoms with Crippen LogP contribution in [0.5, 0.6) is 0 Å². The zero-order chi connectivity index (χ0) is 5.21. The van der Waals surface area contributed by atoms with Gasteiger partial charge in [-0.15, -0.1) is 0 Å². The first kappa shape index (κ1) is 16.2. The van der Waals surface area contributed by atoms with Gasteiger partial charge in [-0.25, -0.2) is 4.57 Å². The molecule has 0 aromatic carbocycles. The maximum atomic E-state index is 9.51. The molecule has 0 saturated heterocycles. The molecule has 0 rings (SSSR count). The fourth-order valence-corrected chi connectivity index (χ4v) is 0. The third-order valence-corrected chi connectivity index (χ3v) is 2.14. The van der Waals surface area contributed by atoms with Crippen molar-refractivity contribution < 1.29 is 37.1 Å². The van der Waals surface area contributed by atoms with E-state index in [1.807, 2.05) is 0 Å². The Kier molecular flexibility index (Phi) is 13.3. The molecule has 0 bridgehead atoms. The van der Waals surface area contributed by atoms with Crippen LogP contribution in [0.2, 0.25) is 0 Å². The summed E-state index contributed by atoms with van der Waals surface area (Å²) in [6.45, 7) is 0. The van der Waals surface area contributed by atoms with Gasteiger partial charge in [-0.3, -0.25) is 0 Å². The van der Waals surface area contributed by atoms with E-state index in [0.29, 0.717) is 0 Å². The maximum Gasteiger partial charge on any atom is 0.458 e. The van der Waals surface area contributed by atoms with Gasteiger partial charge in [0.05, 0.1) is 0 Å². The SMILES string of the molecule is O=P(O)(O)O[SiH3].[AlH3].[V]. The van der Waals surface area contributed by atoms with Gasteiger partial charge in [-0.1, -0.05) is 0 Å². The van der Waals surface area contributed by atoms with Crippen molar-refractivity contribution in [3.63, 3.8) is 0 Å². The smallest absolute Gasteiger partial charge is 0.342 e. The summed E-state index contributed by atoms with van der Waals surface area (Å²) < 4.78 is 13.2. The van der Waals surface area contributed by atoms with Crippen molar-refractivity contribution in [2.45, 2.75) is 0 Å². The molecule has 49 valence electrons. The Bertz CT molecular complexity index is 80.1. The van der Waals surface area contributed by atoms with Gasteiger partial charge < -0.3 is 14.0 Å². The number of hydrogen-bond acceptors (Lipinski definition) is 2. The molecule has 0 aliphatic carbocycles. The molecule has 8 heavy (non-hydrogen) atoms. The molecular formula is H8AlO4PSiV. The summed E-state index contributed by atoms with van der Waals surface area (Å²) in [7, 11) is -4.00. The average Bonchev–Trinajstić information content (AvgIpc) is 1.35. The van der Waals surface area contributed by atoms with E-state index in [4.69, 9.17) is 9.79 Å². The van der Waals surface area contributed by atoms with Gasteiger partial charge in [0.15, 0.2) is 27.8 Å². The van der Waals surface area contributed by atoms with E-state index in [-0.39, 0.29) is 46.4 Å². The van der Waals surface area contributed by atoms with E-state index >= 15 is 0 Å². The molecule has 0 aromatic heterocycles. The monoisotopic (exact) mass is 209 g/mol. The zero-order valence-corrected chi connectivity index (χ0v) is 7.90. The molecule has 0 heterocycles. The number of phosphoric acid groups is 1. The Hall–Kier alpha value is 1.44. The topological polar surface area (TPSA) is 66.8 Å². The summed E-state index contributed by atoms with van der Waals surface area (Å²) >= 11 is 0. The van der Waals surface area contributed by atoms with E-state index in [2.05, 4.69) is 4.21 Å². The van der Waals surface area contributed by atoms with Crippen LogP contribution < -0.4 is 0 Å². The zero-order valence-electron chi connectivity index (χ0n) is 3.61. The summed E-state index contributed by atoms with van der Waals surface area (Å²) in [6.07, 6.45) is 0. The first-order chi connectivity index (χ1) is 2.56. The molecule has 0 aliphatic heterocycles. The van der Waals surface area contributed by atoms with Crippen LogP contribution in [-0.4, -0.2) is 37.6 Å². The van der Waals surface area contributed by atoms with Gasteiger partial charge in [0.2, 0.25) is 0 Å². The fraction of sp³-hybridized carbons (Fsp3) is 0. The Balaban J connectivity index is -0.000000125. The molecule has 0 saturated carbocycles. The number of rotatable bonds is 1. The standard InChI is InChI=1S/Al.H5O4PSi.V.3H/c;1-5(2,3)4-6;;;;/h;6H3,(H2,1,2,3);;;;. The quantitative estimate of drug-likeness (QED) is 0.361. The third kappa shape index (κ3) is 15.7. The van der Waals surface area contributed by atoms with Crippen LogP contribution in [0.1, 0.15) is 0 Å². The molecule has 0 aromatic rings. The van der Waals surface area contributed by atoms with E-state index in [0.717, 1.165) is 0 Å². The van der Waals surface area contributed by atoms with E-state index in [1.165, 1.54) is 0 Å². The second-order valence-electron chi connectivity index (χ2n) is 0.673. The van der Waals surface area contributed by atoms with Crippen molar-refractivity contribution in [3.05, 3.63) is 0 Å². The van der Waals surface area contributed by atoms with Crippen LogP contribution in [-0.2, 0) is 27.3 Å².